The van der Waals surface area contributed by atoms with E-state index in [0.29, 0.717) is 19.6 Å². The number of ether oxygens (including phenoxy) is 3. The van der Waals surface area contributed by atoms with Crippen molar-refractivity contribution in [2.75, 3.05) is 14.1 Å². The van der Waals surface area contributed by atoms with Crippen LogP contribution in [0.15, 0.2) is 60.7 Å². The van der Waals surface area contributed by atoms with Crippen molar-refractivity contribution in [3.63, 3.8) is 0 Å². The van der Waals surface area contributed by atoms with Crippen molar-refractivity contribution in [3.05, 3.63) is 71.8 Å². The van der Waals surface area contributed by atoms with Crippen LogP contribution < -0.4 is 4.67 Å². The Morgan fingerprint density at radius 3 is 2.19 bits per heavy atom. The van der Waals surface area contributed by atoms with Crippen molar-refractivity contribution in [3.8, 4) is 0 Å². The summed E-state index contributed by atoms with van der Waals surface area (Å²) in [5, 5.41) is 0.722. The number of benzene rings is 2. The molecule has 2 aromatic carbocycles. The van der Waals surface area contributed by atoms with E-state index in [4.69, 9.17) is 14.2 Å². The maximum Gasteiger partial charge on any atom is 0.407 e. The van der Waals surface area contributed by atoms with E-state index in [1.165, 1.54) is 11.8 Å². The molecule has 6 nitrogen and oxygen atoms in total. The molecule has 0 saturated carbocycles. The van der Waals surface area contributed by atoms with E-state index < -0.39 is 12.2 Å². The molecule has 1 saturated heterocycles. The number of rotatable bonds is 8. The maximum absolute atomic E-state index is 11.9. The lowest BCUT2D eigenvalue weighted by atomic mass is 10.0. The summed E-state index contributed by atoms with van der Waals surface area (Å²) < 4.78 is 22.5. The molecule has 0 aliphatic carbocycles. The summed E-state index contributed by atoms with van der Waals surface area (Å²) in [7, 11) is 3.79. The second kappa shape index (κ2) is 11.8. The van der Waals surface area contributed by atoms with Crippen LogP contribution in [0.1, 0.15) is 17.5 Å². The second-order valence-electron chi connectivity index (χ2n) is 7.45. The molecule has 1 fully saturated rings. The summed E-state index contributed by atoms with van der Waals surface area (Å²) in [5.41, 5.74) is 1.80. The van der Waals surface area contributed by atoms with Gasteiger partial charge in [0.15, 0.2) is 13.0 Å². The number of nitrogens with zero attached hydrogens (tertiary/aromatic N) is 2. The van der Waals surface area contributed by atoms with Crippen molar-refractivity contribution in [2.24, 2.45) is 0 Å². The van der Waals surface area contributed by atoms with E-state index in [1.54, 1.807) is 0 Å². The zero-order valence-corrected chi connectivity index (χ0v) is 18.7. The number of carbonyl (C=O) groups is 1. The summed E-state index contributed by atoms with van der Waals surface area (Å²) in [5.74, 6) is 0. The molecule has 7 heteroatoms. The van der Waals surface area contributed by atoms with Gasteiger partial charge in [-0.25, -0.2) is 9.57 Å². The molecule has 2 aromatic rings. The van der Waals surface area contributed by atoms with Crippen molar-refractivity contribution in [1.29, 1.82) is 0 Å². The molecule has 0 aromatic heterocycles. The van der Waals surface area contributed by atoms with E-state index in [-0.39, 0.29) is 11.5 Å². The highest BCUT2D eigenvalue weighted by Crippen LogP contribution is 2.32. The normalized spacial score (nSPS) is 23.0. The molecule has 0 amide bonds. The zero-order chi connectivity index (χ0) is 22.1. The fourth-order valence-corrected chi connectivity index (χ4v) is 4.33. The minimum Gasteiger partial charge on any atom is -0.371 e. The number of hydrogen-bond donors (Lipinski definition) is 0. The molecular weight excluding hydrogens is 412 g/mol. The van der Waals surface area contributed by atoms with Crippen LogP contribution in [-0.2, 0) is 32.2 Å². The number of aldehydes is 1. The summed E-state index contributed by atoms with van der Waals surface area (Å²) in [6, 6.07) is 19.8. The van der Waals surface area contributed by atoms with Gasteiger partial charge in [0.1, 0.15) is 17.6 Å². The van der Waals surface area contributed by atoms with Crippen LogP contribution in [-0.4, -0.2) is 60.9 Å². The highest BCUT2D eigenvalue weighted by atomic mass is 32.2. The third-order valence-corrected chi connectivity index (χ3v) is 6.18. The Labute approximate surface area is 187 Å². The third-order valence-electron chi connectivity index (χ3n) is 4.90. The smallest absolute Gasteiger partial charge is 0.371 e. The SMILES string of the molecule is C=[N+]=C(S[C@@H]1C[C@@H](OCc2ccccc2)[C@H](OCc2ccccc2)[C@@H](C=O)O1)N(C)C. The first-order valence-electron chi connectivity index (χ1n) is 10.2. The van der Waals surface area contributed by atoms with Crippen LogP contribution in [0.5, 0.6) is 0 Å². The molecule has 0 N–H and O–H groups in total. The Morgan fingerprint density at radius 2 is 1.68 bits per heavy atom. The molecule has 4 atom stereocenters. The van der Waals surface area contributed by atoms with Gasteiger partial charge in [-0.15, -0.1) is 0 Å². The molecule has 0 radical (unpaired) electrons. The van der Waals surface area contributed by atoms with Gasteiger partial charge in [0.2, 0.25) is 0 Å². The molecule has 1 heterocycles. The highest BCUT2D eigenvalue weighted by molar-refractivity contribution is 8.14. The fraction of sp³-hybridized carbons (Fsp3) is 0.375. The van der Waals surface area contributed by atoms with Gasteiger partial charge < -0.3 is 19.0 Å². The van der Waals surface area contributed by atoms with E-state index in [0.717, 1.165) is 22.6 Å². The highest BCUT2D eigenvalue weighted by Gasteiger charge is 2.42. The van der Waals surface area contributed by atoms with Crippen LogP contribution in [0.4, 0.5) is 0 Å². The molecule has 0 bridgehead atoms. The van der Waals surface area contributed by atoms with Crippen LogP contribution in [0.25, 0.3) is 0 Å². The largest absolute Gasteiger partial charge is 0.407 e. The van der Waals surface area contributed by atoms with Crippen LogP contribution in [0, 0.1) is 0 Å². The van der Waals surface area contributed by atoms with E-state index >= 15 is 0 Å². The predicted molar refractivity (Wildman–Crippen MR) is 125 cm³/mol. The zero-order valence-electron chi connectivity index (χ0n) is 17.9. The Hall–Kier alpha value is -2.41. The summed E-state index contributed by atoms with van der Waals surface area (Å²) in [6.07, 6.45) is -0.174. The lowest BCUT2D eigenvalue weighted by Gasteiger charge is -2.38. The molecule has 1 aliphatic rings. The quantitative estimate of drug-likeness (QED) is 0.272. The molecule has 3 rings (SSSR count). The minimum absolute atomic E-state index is 0.296. The van der Waals surface area contributed by atoms with E-state index in [9.17, 15) is 4.79 Å². The van der Waals surface area contributed by atoms with Crippen LogP contribution in [0.2, 0.25) is 0 Å². The molecule has 31 heavy (non-hydrogen) atoms. The van der Waals surface area contributed by atoms with Gasteiger partial charge in [0, 0.05) is 18.2 Å². The average molecular weight is 442 g/mol. The summed E-state index contributed by atoms with van der Waals surface area (Å²) in [4.78, 5) is 13.8. The van der Waals surface area contributed by atoms with Crippen molar-refractivity contribution < 1.29 is 19.0 Å². The van der Waals surface area contributed by atoms with Crippen molar-refractivity contribution >= 4 is 29.9 Å². The van der Waals surface area contributed by atoms with Gasteiger partial charge in [0.05, 0.1) is 33.4 Å². The summed E-state index contributed by atoms with van der Waals surface area (Å²) in [6.45, 7) is 4.44. The molecule has 0 spiro atoms. The van der Waals surface area contributed by atoms with Gasteiger partial charge in [-0.2, -0.15) is 0 Å². The number of thioether (sulfide) groups is 1. The van der Waals surface area contributed by atoms with Gasteiger partial charge >= 0.3 is 5.17 Å². The van der Waals surface area contributed by atoms with Gasteiger partial charge in [0.25, 0.3) is 0 Å². The van der Waals surface area contributed by atoms with Gasteiger partial charge in [-0.1, -0.05) is 60.7 Å². The topological polar surface area (TPSA) is 62.1 Å². The molecular formula is C24H29N2O4S+. The molecule has 0 unspecified atom stereocenters. The number of amidine groups is 1. The predicted octanol–water partition coefficient (Wildman–Crippen LogP) is 2.89. The Morgan fingerprint density at radius 1 is 1.10 bits per heavy atom. The summed E-state index contributed by atoms with van der Waals surface area (Å²) >= 11 is 1.43. The van der Waals surface area contributed by atoms with Crippen LogP contribution in [0.3, 0.4) is 0 Å². The first-order chi connectivity index (χ1) is 15.1. The van der Waals surface area contributed by atoms with Crippen molar-refractivity contribution in [1.82, 2.24) is 9.57 Å². The van der Waals surface area contributed by atoms with Gasteiger partial charge in [-0.05, 0) is 11.1 Å². The fourth-order valence-electron chi connectivity index (χ4n) is 3.34. The Balaban J connectivity index is 1.74. The standard InChI is InChI=1S/C24H29N2O4S/c1-25-24(26(2)3)31-22-14-20(28-16-18-10-6-4-7-11-18)23(21(15-27)30-22)29-17-19-12-8-5-9-13-19/h4-13,15,20-23H,1,14,16-17H2,2-3H3/q+1/t20-,21-,22-,23+/m1/s1. The monoisotopic (exact) mass is 441 g/mol. The number of hydrogen-bond acceptors (Lipinski definition) is 5. The van der Waals surface area contributed by atoms with Gasteiger partial charge in [-0.3, -0.25) is 0 Å². The third kappa shape index (κ3) is 6.79. The second-order valence-corrected chi connectivity index (χ2v) is 8.58. The first-order valence-corrected chi connectivity index (χ1v) is 11.1. The van der Waals surface area contributed by atoms with Crippen LogP contribution >= 0.6 is 11.8 Å². The Kier molecular flexibility index (Phi) is 8.88. The lowest BCUT2D eigenvalue weighted by molar-refractivity contribution is -0.188. The number of carbonyl (C=O) groups excluding carboxylic acids is 1. The van der Waals surface area contributed by atoms with E-state index in [1.807, 2.05) is 79.7 Å². The first kappa shape index (κ1) is 23.3. The maximum atomic E-state index is 11.9. The van der Waals surface area contributed by atoms with Crippen molar-refractivity contribution in [2.45, 2.75) is 43.4 Å². The minimum atomic E-state index is -0.732. The molecule has 164 valence electrons. The van der Waals surface area contributed by atoms with E-state index in [2.05, 4.69) is 11.4 Å². The molecule has 1 aliphatic heterocycles. The average Bonchev–Trinajstić information content (AvgIpc) is 2.81. The Bertz CT molecular complexity index is 872. The lowest BCUT2D eigenvalue weighted by Crippen LogP contribution is -2.51.